The van der Waals surface area contributed by atoms with Crippen LogP contribution in [0.4, 0.5) is 0 Å². The van der Waals surface area contributed by atoms with Crippen molar-refractivity contribution in [3.8, 4) is 0 Å². The molecule has 1 aromatic heterocycles. The van der Waals surface area contributed by atoms with Gasteiger partial charge in [-0.2, -0.15) is 0 Å². The molecule has 0 atom stereocenters. The summed E-state index contributed by atoms with van der Waals surface area (Å²) in [6, 6.07) is 1.17. The summed E-state index contributed by atoms with van der Waals surface area (Å²) in [6.07, 6.45) is 0.569. The van der Waals surface area contributed by atoms with Gasteiger partial charge in [-0.05, 0) is 28.4 Å². The Hall–Kier alpha value is -0.480. The number of sulfonamides is 1. The predicted octanol–water partition coefficient (Wildman–Crippen LogP) is 1.87. The number of ether oxygens (including phenoxy) is 1. The van der Waals surface area contributed by atoms with Gasteiger partial charge in [-0.3, -0.25) is 0 Å². The van der Waals surface area contributed by atoms with Crippen molar-refractivity contribution in [3.63, 3.8) is 0 Å². The molecular weight excluding hydrogens is 358 g/mol. The van der Waals surface area contributed by atoms with Crippen molar-refractivity contribution < 1.29 is 23.1 Å². The summed E-state index contributed by atoms with van der Waals surface area (Å²) < 4.78 is 30.8. The summed E-state index contributed by atoms with van der Waals surface area (Å²) in [5.41, 5.74) is 0. The van der Waals surface area contributed by atoms with Crippen molar-refractivity contribution in [1.82, 2.24) is 4.31 Å². The Morgan fingerprint density at radius 2 is 2.21 bits per heavy atom. The Labute approximate surface area is 124 Å². The predicted molar refractivity (Wildman–Crippen MR) is 75.3 cm³/mol. The summed E-state index contributed by atoms with van der Waals surface area (Å²) in [4.78, 5) is 10.8. The molecule has 0 bridgehead atoms. The molecule has 0 aliphatic heterocycles. The van der Waals surface area contributed by atoms with Crippen molar-refractivity contribution in [2.45, 2.75) is 11.3 Å². The first kappa shape index (κ1) is 16.6. The fraction of sp³-hybridized carbons (Fsp3) is 0.500. The lowest BCUT2D eigenvalue weighted by Crippen LogP contribution is -2.28. The molecule has 1 N–H and O–H groups in total. The molecule has 0 fully saturated rings. The summed E-state index contributed by atoms with van der Waals surface area (Å²) >= 11 is 3.98. The Balaban J connectivity index is 2.96. The number of rotatable bonds is 7. The van der Waals surface area contributed by atoms with E-state index in [1.807, 2.05) is 0 Å². The first-order valence-electron chi connectivity index (χ1n) is 5.28. The Morgan fingerprint density at radius 3 is 2.68 bits per heavy atom. The van der Waals surface area contributed by atoms with Crippen LogP contribution in [0, 0.1) is 0 Å². The highest BCUT2D eigenvalue weighted by atomic mass is 79.9. The monoisotopic (exact) mass is 371 g/mol. The third kappa shape index (κ3) is 3.99. The number of thiophene rings is 1. The highest BCUT2D eigenvalue weighted by molar-refractivity contribution is 9.11. The van der Waals surface area contributed by atoms with Crippen molar-refractivity contribution in [2.24, 2.45) is 0 Å². The van der Waals surface area contributed by atoms with Gasteiger partial charge in [-0.15, -0.1) is 11.3 Å². The number of carboxylic acid groups (broad SMARTS) is 1. The second-order valence-electron chi connectivity index (χ2n) is 3.73. The summed E-state index contributed by atoms with van der Waals surface area (Å²) in [5, 5.41) is 8.86. The van der Waals surface area contributed by atoms with Crippen LogP contribution < -0.4 is 0 Å². The lowest BCUT2D eigenvalue weighted by atomic mass is 10.4. The smallest absolute Gasteiger partial charge is 0.345 e. The molecule has 108 valence electrons. The SMILES string of the molecule is COCCCN(C)S(=O)(=O)c1cc(C(=O)O)sc1Br. The minimum Gasteiger partial charge on any atom is -0.477 e. The number of hydrogen-bond donors (Lipinski definition) is 1. The van der Waals surface area contributed by atoms with Crippen LogP contribution in [0.2, 0.25) is 0 Å². The molecule has 0 unspecified atom stereocenters. The van der Waals surface area contributed by atoms with Gasteiger partial charge in [-0.1, -0.05) is 0 Å². The zero-order valence-corrected chi connectivity index (χ0v) is 13.6. The summed E-state index contributed by atoms with van der Waals surface area (Å²) in [6.45, 7) is 0.770. The molecule has 0 amide bonds. The van der Waals surface area contributed by atoms with E-state index in [0.717, 1.165) is 11.3 Å². The van der Waals surface area contributed by atoms with E-state index in [9.17, 15) is 13.2 Å². The van der Waals surface area contributed by atoms with Gasteiger partial charge < -0.3 is 9.84 Å². The van der Waals surface area contributed by atoms with E-state index in [4.69, 9.17) is 9.84 Å². The first-order valence-corrected chi connectivity index (χ1v) is 8.33. The van der Waals surface area contributed by atoms with Gasteiger partial charge in [0.15, 0.2) is 0 Å². The van der Waals surface area contributed by atoms with Crippen LogP contribution in [0.25, 0.3) is 0 Å². The first-order chi connectivity index (χ1) is 8.80. The van der Waals surface area contributed by atoms with Crippen LogP contribution in [0.1, 0.15) is 16.1 Å². The van der Waals surface area contributed by atoms with E-state index in [-0.39, 0.29) is 9.77 Å². The maximum atomic E-state index is 12.3. The standard InChI is InChI=1S/C10H14BrNO5S2/c1-12(4-3-5-17-2)19(15,16)8-6-7(10(13)14)18-9(8)11/h6H,3-5H2,1-2H3,(H,13,14). The van der Waals surface area contributed by atoms with E-state index < -0.39 is 16.0 Å². The van der Waals surface area contributed by atoms with Gasteiger partial charge in [0.2, 0.25) is 10.0 Å². The maximum Gasteiger partial charge on any atom is 0.345 e. The molecule has 6 nitrogen and oxygen atoms in total. The topological polar surface area (TPSA) is 83.9 Å². The van der Waals surface area contributed by atoms with E-state index in [1.54, 1.807) is 7.11 Å². The number of carboxylic acids is 1. The van der Waals surface area contributed by atoms with Gasteiger partial charge in [0, 0.05) is 27.3 Å². The zero-order valence-electron chi connectivity index (χ0n) is 10.4. The molecule has 1 aromatic rings. The molecule has 1 rings (SSSR count). The van der Waals surface area contributed by atoms with Crippen LogP contribution in [0.3, 0.4) is 0 Å². The van der Waals surface area contributed by atoms with Crippen LogP contribution >= 0.6 is 27.3 Å². The van der Waals surface area contributed by atoms with Crippen molar-refractivity contribution >= 4 is 43.3 Å². The average molecular weight is 372 g/mol. The fourth-order valence-corrected chi connectivity index (χ4v) is 4.91. The highest BCUT2D eigenvalue weighted by Gasteiger charge is 2.26. The fourth-order valence-electron chi connectivity index (χ4n) is 1.35. The van der Waals surface area contributed by atoms with Gasteiger partial charge in [0.1, 0.15) is 9.77 Å². The number of methoxy groups -OCH3 is 1. The number of carbonyl (C=O) groups is 1. The molecule has 0 spiro atoms. The minimum atomic E-state index is -3.68. The van der Waals surface area contributed by atoms with E-state index in [1.165, 1.54) is 17.4 Å². The van der Waals surface area contributed by atoms with Crippen molar-refractivity contribution in [1.29, 1.82) is 0 Å². The summed E-state index contributed by atoms with van der Waals surface area (Å²) in [5.74, 6) is -1.14. The minimum absolute atomic E-state index is 0.0178. The van der Waals surface area contributed by atoms with Crippen molar-refractivity contribution in [2.75, 3.05) is 27.3 Å². The van der Waals surface area contributed by atoms with Crippen molar-refractivity contribution in [3.05, 3.63) is 14.7 Å². The van der Waals surface area contributed by atoms with Crippen LogP contribution in [-0.4, -0.2) is 51.1 Å². The molecule has 0 saturated heterocycles. The van der Waals surface area contributed by atoms with Crippen LogP contribution in [0.15, 0.2) is 14.7 Å². The largest absolute Gasteiger partial charge is 0.477 e. The molecule has 1 heterocycles. The normalized spacial score (nSPS) is 12.0. The maximum absolute atomic E-state index is 12.3. The third-order valence-electron chi connectivity index (χ3n) is 2.38. The second-order valence-corrected chi connectivity index (χ2v) is 8.11. The van der Waals surface area contributed by atoms with E-state index >= 15 is 0 Å². The molecule has 0 saturated carbocycles. The van der Waals surface area contributed by atoms with E-state index in [2.05, 4.69) is 15.9 Å². The van der Waals surface area contributed by atoms with E-state index in [0.29, 0.717) is 23.4 Å². The number of halogens is 1. The molecule has 9 heteroatoms. The number of nitrogens with zero attached hydrogens (tertiary/aromatic N) is 1. The molecule has 0 aliphatic carbocycles. The Kier molecular flexibility index (Phi) is 5.93. The second kappa shape index (κ2) is 6.80. The van der Waals surface area contributed by atoms with Gasteiger partial charge in [-0.25, -0.2) is 17.5 Å². The lowest BCUT2D eigenvalue weighted by Gasteiger charge is -2.16. The Morgan fingerprint density at radius 1 is 1.58 bits per heavy atom. The van der Waals surface area contributed by atoms with Crippen LogP contribution in [-0.2, 0) is 14.8 Å². The van der Waals surface area contributed by atoms with Gasteiger partial charge in [0.25, 0.3) is 0 Å². The highest BCUT2D eigenvalue weighted by Crippen LogP contribution is 2.33. The van der Waals surface area contributed by atoms with Crippen LogP contribution in [0.5, 0.6) is 0 Å². The Bertz CT molecular complexity index is 554. The number of aromatic carboxylic acids is 1. The summed E-state index contributed by atoms with van der Waals surface area (Å²) in [7, 11) is -0.686. The average Bonchev–Trinajstić information content (AvgIpc) is 2.72. The molecule has 0 radical (unpaired) electrons. The third-order valence-corrected chi connectivity index (χ3v) is 6.47. The molecule has 0 aliphatic rings. The zero-order chi connectivity index (χ0) is 14.6. The van der Waals surface area contributed by atoms with Gasteiger partial charge >= 0.3 is 5.97 Å². The molecule has 19 heavy (non-hydrogen) atoms. The lowest BCUT2D eigenvalue weighted by molar-refractivity contribution is 0.0702. The number of hydrogen-bond acceptors (Lipinski definition) is 5. The molecule has 0 aromatic carbocycles. The van der Waals surface area contributed by atoms with Gasteiger partial charge in [0.05, 0.1) is 3.79 Å². The quantitative estimate of drug-likeness (QED) is 0.739. The molecular formula is C10H14BrNO5S2.